The molecular weight excluding hydrogens is 160 g/mol. The van der Waals surface area contributed by atoms with Crippen molar-refractivity contribution in [2.45, 2.75) is 20.3 Å². The quantitative estimate of drug-likeness (QED) is 0.687. The highest BCUT2D eigenvalue weighted by atomic mass is 14.7. The fourth-order valence-corrected chi connectivity index (χ4v) is 1.66. The summed E-state index contributed by atoms with van der Waals surface area (Å²) in [5.41, 5.74) is 1.86. The Hall–Kier alpha value is -1.18. The molecule has 0 spiro atoms. The van der Waals surface area contributed by atoms with Crippen LogP contribution in [0.15, 0.2) is 24.4 Å². The molecule has 0 aromatic carbocycles. The summed E-state index contributed by atoms with van der Waals surface area (Å²) in [4.78, 5) is 4.18. The fourth-order valence-electron chi connectivity index (χ4n) is 1.66. The molecule has 1 aromatic heterocycles. The van der Waals surface area contributed by atoms with E-state index in [2.05, 4.69) is 18.8 Å². The predicted molar refractivity (Wildman–Crippen MR) is 53.0 cm³/mol. The molecule has 2 rings (SSSR count). The van der Waals surface area contributed by atoms with Gasteiger partial charge in [0, 0.05) is 12.1 Å². The minimum absolute atomic E-state index is 0.328. The van der Waals surface area contributed by atoms with Gasteiger partial charge in [0.25, 0.3) is 0 Å². The number of aromatic nitrogens is 1. The molecule has 1 aromatic rings. The molecule has 2 nitrogen and oxygen atoms in total. The number of hydrogen-bond donors (Lipinski definition) is 1. The molecule has 0 amide bonds. The molecule has 1 heterocycles. The van der Waals surface area contributed by atoms with Crippen molar-refractivity contribution >= 4 is 5.71 Å². The summed E-state index contributed by atoms with van der Waals surface area (Å²) >= 11 is 0. The van der Waals surface area contributed by atoms with Gasteiger partial charge in [-0.05, 0) is 24.0 Å². The lowest BCUT2D eigenvalue weighted by Crippen LogP contribution is -2.07. The van der Waals surface area contributed by atoms with Crippen LogP contribution in [0.5, 0.6) is 0 Å². The Morgan fingerprint density at radius 2 is 2.23 bits per heavy atom. The number of nitrogens with zero attached hydrogens (tertiary/aromatic N) is 1. The molecule has 1 aliphatic carbocycles. The molecule has 1 saturated carbocycles. The largest absolute Gasteiger partial charge is 0.303 e. The lowest BCUT2D eigenvalue weighted by Gasteiger charge is -2.04. The van der Waals surface area contributed by atoms with Crippen molar-refractivity contribution in [2.24, 2.45) is 11.3 Å². The Morgan fingerprint density at radius 1 is 1.54 bits per heavy atom. The molecule has 68 valence electrons. The molecule has 0 bridgehead atoms. The van der Waals surface area contributed by atoms with Crippen molar-refractivity contribution in [3.8, 4) is 0 Å². The molecule has 1 atom stereocenters. The highest BCUT2D eigenvalue weighted by Gasteiger charge is 2.48. The molecule has 1 fully saturated rings. The van der Waals surface area contributed by atoms with E-state index in [0.29, 0.717) is 17.0 Å². The fraction of sp³-hybridized carbons (Fsp3) is 0.455. The third-order valence-corrected chi connectivity index (χ3v) is 2.80. The van der Waals surface area contributed by atoms with Gasteiger partial charge in [-0.2, -0.15) is 0 Å². The van der Waals surface area contributed by atoms with Crippen LogP contribution in [0.4, 0.5) is 0 Å². The van der Waals surface area contributed by atoms with Crippen molar-refractivity contribution < 1.29 is 0 Å². The molecule has 1 N–H and O–H groups in total. The van der Waals surface area contributed by atoms with Crippen molar-refractivity contribution in [1.29, 1.82) is 5.41 Å². The van der Waals surface area contributed by atoms with Crippen LogP contribution < -0.4 is 0 Å². The first-order chi connectivity index (χ1) is 6.11. The third kappa shape index (κ3) is 1.48. The number of rotatable bonds is 2. The van der Waals surface area contributed by atoms with Crippen LogP contribution in [-0.2, 0) is 0 Å². The van der Waals surface area contributed by atoms with E-state index in [4.69, 9.17) is 5.41 Å². The minimum Gasteiger partial charge on any atom is -0.303 e. The van der Waals surface area contributed by atoms with Crippen LogP contribution in [0.25, 0.3) is 0 Å². The van der Waals surface area contributed by atoms with E-state index in [1.54, 1.807) is 6.20 Å². The lowest BCUT2D eigenvalue weighted by atomic mass is 10.0. The normalized spacial score (nSPS) is 24.0. The zero-order valence-corrected chi connectivity index (χ0v) is 8.04. The first-order valence-corrected chi connectivity index (χ1v) is 4.61. The Balaban J connectivity index is 2.17. The second kappa shape index (κ2) is 2.66. The first-order valence-electron chi connectivity index (χ1n) is 4.61. The maximum absolute atomic E-state index is 7.94. The van der Waals surface area contributed by atoms with Gasteiger partial charge in [0.15, 0.2) is 0 Å². The Morgan fingerprint density at radius 3 is 2.69 bits per heavy atom. The summed E-state index contributed by atoms with van der Waals surface area (Å²) in [5.74, 6) is 0.419. The van der Waals surface area contributed by atoms with Crippen molar-refractivity contribution in [3.05, 3.63) is 30.1 Å². The zero-order valence-electron chi connectivity index (χ0n) is 8.04. The third-order valence-electron chi connectivity index (χ3n) is 2.80. The smallest absolute Gasteiger partial charge is 0.0840 e. The lowest BCUT2D eigenvalue weighted by molar-refractivity contribution is 0.620. The Kier molecular flexibility index (Phi) is 1.72. The number of pyridine rings is 1. The number of nitrogens with one attached hydrogen (secondary N) is 1. The molecule has 2 heteroatoms. The standard InChI is InChI=1S/C11H14N2/c1-11(2)7-8(11)10(12)9-5-3-4-6-13-9/h3-6,8,12H,7H2,1-2H3/t8-/m1/s1. The van der Waals surface area contributed by atoms with Gasteiger partial charge in [-0.3, -0.25) is 4.98 Å². The van der Waals surface area contributed by atoms with Gasteiger partial charge in [-0.25, -0.2) is 0 Å². The van der Waals surface area contributed by atoms with Gasteiger partial charge < -0.3 is 5.41 Å². The predicted octanol–water partition coefficient (Wildman–Crippen LogP) is 2.50. The summed E-state index contributed by atoms with van der Waals surface area (Å²) < 4.78 is 0. The molecule has 1 aliphatic rings. The highest BCUT2D eigenvalue weighted by Crippen LogP contribution is 2.52. The summed E-state index contributed by atoms with van der Waals surface area (Å²) in [6, 6.07) is 5.73. The zero-order chi connectivity index (χ0) is 9.47. The van der Waals surface area contributed by atoms with Gasteiger partial charge >= 0.3 is 0 Å². The van der Waals surface area contributed by atoms with Gasteiger partial charge in [0.1, 0.15) is 0 Å². The van der Waals surface area contributed by atoms with Crippen LogP contribution in [-0.4, -0.2) is 10.7 Å². The highest BCUT2D eigenvalue weighted by molar-refractivity contribution is 6.00. The molecule has 0 unspecified atom stereocenters. The van der Waals surface area contributed by atoms with Gasteiger partial charge in [-0.15, -0.1) is 0 Å². The molecule has 0 radical (unpaired) electrons. The van der Waals surface area contributed by atoms with E-state index in [1.165, 1.54) is 0 Å². The topological polar surface area (TPSA) is 36.7 Å². The van der Waals surface area contributed by atoms with Gasteiger partial charge in [0.05, 0.1) is 11.4 Å². The Labute approximate surface area is 78.5 Å². The first kappa shape index (κ1) is 8.42. The minimum atomic E-state index is 0.328. The summed E-state index contributed by atoms with van der Waals surface area (Å²) in [7, 11) is 0. The van der Waals surface area contributed by atoms with E-state index in [-0.39, 0.29) is 0 Å². The Bertz CT molecular complexity index is 327. The van der Waals surface area contributed by atoms with Crippen LogP contribution in [0.1, 0.15) is 26.0 Å². The van der Waals surface area contributed by atoms with Crippen LogP contribution in [0, 0.1) is 16.7 Å². The van der Waals surface area contributed by atoms with Crippen molar-refractivity contribution in [1.82, 2.24) is 4.98 Å². The molecule has 0 aliphatic heterocycles. The van der Waals surface area contributed by atoms with E-state index in [9.17, 15) is 0 Å². The average molecular weight is 174 g/mol. The maximum Gasteiger partial charge on any atom is 0.0840 e. The van der Waals surface area contributed by atoms with E-state index in [0.717, 1.165) is 12.1 Å². The number of hydrogen-bond acceptors (Lipinski definition) is 2. The van der Waals surface area contributed by atoms with E-state index < -0.39 is 0 Å². The second-order valence-electron chi connectivity index (χ2n) is 4.37. The SMILES string of the molecule is CC1(C)C[C@@H]1C(=N)c1ccccn1. The van der Waals surface area contributed by atoms with E-state index >= 15 is 0 Å². The van der Waals surface area contributed by atoms with Crippen molar-refractivity contribution in [2.75, 3.05) is 0 Å². The van der Waals surface area contributed by atoms with Crippen LogP contribution >= 0.6 is 0 Å². The van der Waals surface area contributed by atoms with Gasteiger partial charge in [-0.1, -0.05) is 19.9 Å². The second-order valence-corrected chi connectivity index (χ2v) is 4.37. The summed E-state index contributed by atoms with van der Waals surface area (Å²) in [5, 5.41) is 7.94. The molecular formula is C11H14N2. The summed E-state index contributed by atoms with van der Waals surface area (Å²) in [6.07, 6.45) is 2.88. The maximum atomic E-state index is 7.94. The van der Waals surface area contributed by atoms with Gasteiger partial charge in [0.2, 0.25) is 0 Å². The summed E-state index contributed by atoms with van der Waals surface area (Å²) in [6.45, 7) is 4.41. The van der Waals surface area contributed by atoms with Crippen molar-refractivity contribution in [3.63, 3.8) is 0 Å². The molecule has 13 heavy (non-hydrogen) atoms. The average Bonchev–Trinajstić information content (AvgIpc) is 2.76. The van der Waals surface area contributed by atoms with E-state index in [1.807, 2.05) is 18.2 Å². The van der Waals surface area contributed by atoms with Crippen LogP contribution in [0.3, 0.4) is 0 Å². The van der Waals surface area contributed by atoms with Crippen LogP contribution in [0.2, 0.25) is 0 Å². The monoisotopic (exact) mass is 174 g/mol. The molecule has 0 saturated heterocycles.